The summed E-state index contributed by atoms with van der Waals surface area (Å²) in [6.45, 7) is -0.223. The largest absolute Gasteiger partial charge is 0.396 e. The Hall–Kier alpha value is -2.88. The molecule has 8 N–H and O–H groups in total. The molecule has 4 aliphatic rings. The van der Waals surface area contributed by atoms with Gasteiger partial charge in [0.25, 0.3) is 0 Å². The van der Waals surface area contributed by atoms with Gasteiger partial charge in [0.15, 0.2) is 0 Å². The molecule has 3 saturated heterocycles. The molecule has 1 aliphatic carbocycles. The highest BCUT2D eigenvalue weighted by Gasteiger charge is 2.46. The van der Waals surface area contributed by atoms with Gasteiger partial charge in [-0.1, -0.05) is 35.8 Å². The molecule has 1 spiro atoms. The molecule has 3 fully saturated rings. The van der Waals surface area contributed by atoms with E-state index in [1.807, 2.05) is 36.4 Å². The fourth-order valence-electron chi connectivity index (χ4n) is 6.71. The standard InChI is InChI=1S/C34H38O11/c35-13-11-26-30(39)32(41)28(37)24(44-26)9-5-18-3-7-20-21-8-4-19(6-10-25-29(38)33(42)31(40)27(17-36)45-25)16-23(21)34(22(20)15-18)12-1-2-14-43-34/h3-4,7-8,15-16,24-33,35-42H,1-2,11-14,17H2/t24-,25-,26-,27-,28-,29-,30-,31-,32-,33-,34?/m1/s1. The van der Waals surface area contributed by atoms with E-state index in [1.54, 1.807) is 0 Å². The third-order valence-corrected chi connectivity index (χ3v) is 9.21. The maximum Gasteiger partial charge on any atom is 0.147 e. The van der Waals surface area contributed by atoms with E-state index >= 15 is 0 Å². The molecule has 0 amide bonds. The number of rotatable bonds is 3. The average molecular weight is 623 g/mol. The van der Waals surface area contributed by atoms with Gasteiger partial charge in [-0.2, -0.15) is 0 Å². The Balaban J connectivity index is 1.30. The summed E-state index contributed by atoms with van der Waals surface area (Å²) in [4.78, 5) is 0. The molecule has 0 bridgehead atoms. The van der Waals surface area contributed by atoms with E-state index in [9.17, 15) is 40.9 Å². The van der Waals surface area contributed by atoms with Crippen LogP contribution >= 0.6 is 0 Å². The molecule has 2 aromatic rings. The minimum Gasteiger partial charge on any atom is -0.396 e. The maximum absolute atomic E-state index is 10.5. The van der Waals surface area contributed by atoms with Gasteiger partial charge in [-0.15, -0.1) is 0 Å². The van der Waals surface area contributed by atoms with Crippen LogP contribution in [0.15, 0.2) is 36.4 Å². The first-order chi connectivity index (χ1) is 21.7. The highest BCUT2D eigenvalue weighted by atomic mass is 16.5. The molecule has 2 aromatic carbocycles. The highest BCUT2D eigenvalue weighted by Crippen LogP contribution is 2.54. The summed E-state index contributed by atoms with van der Waals surface area (Å²) < 4.78 is 17.8. The van der Waals surface area contributed by atoms with Gasteiger partial charge in [-0.25, -0.2) is 0 Å². The molecule has 11 atom stereocenters. The van der Waals surface area contributed by atoms with Crippen LogP contribution in [0.3, 0.4) is 0 Å². The normalized spacial score (nSPS) is 37.2. The van der Waals surface area contributed by atoms with Crippen LogP contribution in [0.4, 0.5) is 0 Å². The van der Waals surface area contributed by atoms with Gasteiger partial charge in [-0.05, 0) is 72.2 Å². The molecular formula is C34H38O11. The number of hydrogen-bond acceptors (Lipinski definition) is 11. The maximum atomic E-state index is 10.5. The van der Waals surface area contributed by atoms with Crippen LogP contribution < -0.4 is 0 Å². The van der Waals surface area contributed by atoms with Crippen molar-refractivity contribution in [1.82, 2.24) is 0 Å². The molecule has 240 valence electrons. The van der Waals surface area contributed by atoms with Gasteiger partial charge >= 0.3 is 0 Å². The molecule has 11 nitrogen and oxygen atoms in total. The van der Waals surface area contributed by atoms with Gasteiger partial charge in [0.1, 0.15) is 60.5 Å². The zero-order valence-corrected chi connectivity index (χ0v) is 24.5. The first-order valence-electron chi connectivity index (χ1n) is 15.3. The van der Waals surface area contributed by atoms with Crippen molar-refractivity contribution in [3.05, 3.63) is 58.7 Å². The SMILES string of the molecule is OCC[C@H]1O[C@H](C#Cc2ccc3c(c2)C2(CCCCO2)c2cc(C#C[C@H]4O[C@H](CO)[C@@H](O)[C@H](O)[C@@H]4O)ccc2-3)[C@@H](O)[C@@H](O)[C@@H]1O. The van der Waals surface area contributed by atoms with Crippen molar-refractivity contribution in [3.8, 4) is 34.8 Å². The van der Waals surface area contributed by atoms with E-state index < -0.39 is 73.2 Å². The number of aliphatic hydroxyl groups excluding tert-OH is 8. The predicted molar refractivity (Wildman–Crippen MR) is 158 cm³/mol. The molecule has 3 heterocycles. The first kappa shape index (κ1) is 32.1. The Bertz CT molecular complexity index is 1510. The third kappa shape index (κ3) is 5.80. The van der Waals surface area contributed by atoms with Crippen LogP contribution in [0.1, 0.15) is 47.9 Å². The Morgan fingerprint density at radius 1 is 0.667 bits per heavy atom. The molecule has 1 unspecified atom stereocenters. The lowest BCUT2D eigenvalue weighted by Crippen LogP contribution is -2.58. The number of aliphatic hydroxyl groups is 8. The predicted octanol–water partition coefficient (Wildman–Crippen LogP) is -1.11. The van der Waals surface area contributed by atoms with E-state index in [2.05, 4.69) is 23.7 Å². The molecule has 0 aromatic heterocycles. The molecular weight excluding hydrogens is 584 g/mol. The van der Waals surface area contributed by atoms with Gasteiger partial charge in [0.05, 0.1) is 12.7 Å². The Morgan fingerprint density at radius 3 is 1.69 bits per heavy atom. The fraction of sp³-hybridized carbons (Fsp3) is 0.529. The summed E-state index contributed by atoms with van der Waals surface area (Å²) in [7, 11) is 0. The second-order valence-corrected chi connectivity index (χ2v) is 12.0. The lowest BCUT2D eigenvalue weighted by Gasteiger charge is -2.38. The average Bonchev–Trinajstić information content (AvgIpc) is 3.31. The first-order valence-corrected chi connectivity index (χ1v) is 15.3. The van der Waals surface area contributed by atoms with Crippen LogP contribution in [-0.4, -0.2) is 122 Å². The smallest absolute Gasteiger partial charge is 0.147 e. The quantitative estimate of drug-likeness (QED) is 0.194. The summed E-state index contributed by atoms with van der Waals surface area (Å²) in [6, 6.07) is 11.5. The molecule has 45 heavy (non-hydrogen) atoms. The number of ether oxygens (including phenoxy) is 3. The number of fused-ring (bicyclic) bond motifs is 5. The molecule has 3 aliphatic heterocycles. The van der Waals surface area contributed by atoms with Gasteiger partial charge in [0, 0.05) is 24.3 Å². The molecule has 0 radical (unpaired) electrons. The summed E-state index contributed by atoms with van der Waals surface area (Å²) in [5.41, 5.74) is 4.40. The van der Waals surface area contributed by atoms with Gasteiger partial charge in [0.2, 0.25) is 0 Å². The topological polar surface area (TPSA) is 190 Å². The Morgan fingerprint density at radius 2 is 1.20 bits per heavy atom. The van der Waals surface area contributed by atoms with Crippen LogP contribution in [0.5, 0.6) is 0 Å². The van der Waals surface area contributed by atoms with E-state index in [-0.39, 0.29) is 13.0 Å². The second-order valence-electron chi connectivity index (χ2n) is 12.0. The minimum atomic E-state index is -1.51. The monoisotopic (exact) mass is 622 g/mol. The van der Waals surface area contributed by atoms with Gasteiger partial charge in [-0.3, -0.25) is 0 Å². The fourth-order valence-corrected chi connectivity index (χ4v) is 6.71. The van der Waals surface area contributed by atoms with Crippen molar-refractivity contribution in [2.45, 2.75) is 92.3 Å². The molecule has 0 saturated carbocycles. The van der Waals surface area contributed by atoms with Crippen molar-refractivity contribution in [2.75, 3.05) is 19.8 Å². The van der Waals surface area contributed by atoms with Crippen LogP contribution in [0, 0.1) is 23.7 Å². The van der Waals surface area contributed by atoms with E-state index in [0.717, 1.165) is 41.5 Å². The van der Waals surface area contributed by atoms with Crippen molar-refractivity contribution in [2.24, 2.45) is 0 Å². The van der Waals surface area contributed by atoms with E-state index in [4.69, 9.17) is 14.2 Å². The van der Waals surface area contributed by atoms with Crippen molar-refractivity contribution in [3.63, 3.8) is 0 Å². The van der Waals surface area contributed by atoms with Crippen molar-refractivity contribution >= 4 is 0 Å². The Kier molecular flexibility index (Phi) is 9.33. The number of hydrogen-bond donors (Lipinski definition) is 8. The molecule has 11 heteroatoms. The second kappa shape index (κ2) is 13.1. The summed E-state index contributed by atoms with van der Waals surface area (Å²) in [5, 5.41) is 80.3. The van der Waals surface area contributed by atoms with Crippen molar-refractivity contribution in [1.29, 1.82) is 0 Å². The Labute approximate surface area is 260 Å². The summed E-state index contributed by atoms with van der Waals surface area (Å²) in [5.74, 6) is 11.8. The zero-order valence-electron chi connectivity index (χ0n) is 24.5. The zero-order chi connectivity index (χ0) is 31.9. The summed E-state index contributed by atoms with van der Waals surface area (Å²) >= 11 is 0. The van der Waals surface area contributed by atoms with Crippen LogP contribution in [-0.2, 0) is 19.8 Å². The van der Waals surface area contributed by atoms with Crippen molar-refractivity contribution < 1.29 is 55.1 Å². The van der Waals surface area contributed by atoms with Crippen LogP contribution in [0.25, 0.3) is 11.1 Å². The third-order valence-electron chi connectivity index (χ3n) is 9.21. The van der Waals surface area contributed by atoms with Crippen LogP contribution in [0.2, 0.25) is 0 Å². The summed E-state index contributed by atoms with van der Waals surface area (Å²) in [6.07, 6.45) is -10.0. The van der Waals surface area contributed by atoms with Gasteiger partial charge < -0.3 is 55.1 Å². The molecule has 6 rings (SSSR count). The lowest BCUT2D eigenvalue weighted by atomic mass is 9.83. The number of benzene rings is 2. The minimum absolute atomic E-state index is 0.0922. The lowest BCUT2D eigenvalue weighted by molar-refractivity contribution is -0.214. The van der Waals surface area contributed by atoms with E-state index in [0.29, 0.717) is 17.7 Å². The van der Waals surface area contributed by atoms with E-state index in [1.165, 1.54) is 0 Å². The highest BCUT2D eigenvalue weighted by molar-refractivity contribution is 5.81.